The van der Waals surface area contributed by atoms with Crippen molar-refractivity contribution in [2.45, 2.75) is 57.3 Å². The van der Waals surface area contributed by atoms with Gasteiger partial charge in [-0.3, -0.25) is 9.59 Å². The molecule has 2 aliphatic heterocycles. The molecule has 0 aromatic heterocycles. The van der Waals surface area contributed by atoms with Gasteiger partial charge in [0.05, 0.1) is 17.7 Å². The molecule has 2 heterocycles. The van der Waals surface area contributed by atoms with Crippen LogP contribution in [0.5, 0.6) is 5.75 Å². The summed E-state index contributed by atoms with van der Waals surface area (Å²) in [5.41, 5.74) is 4.92. The van der Waals surface area contributed by atoms with Crippen LogP contribution in [0.1, 0.15) is 42.9 Å². The van der Waals surface area contributed by atoms with Gasteiger partial charge >= 0.3 is 0 Å². The molecule has 1 saturated heterocycles. The fourth-order valence-electron chi connectivity index (χ4n) is 6.09. The van der Waals surface area contributed by atoms with E-state index >= 15 is 0 Å². The molecule has 2 amide bonds. The molecule has 3 aliphatic rings. The number of hydrogen-bond acceptors (Lipinski definition) is 4. The third-order valence-corrected chi connectivity index (χ3v) is 9.37. The Labute approximate surface area is 267 Å². The Hall–Kier alpha value is -3.03. The van der Waals surface area contributed by atoms with Crippen LogP contribution in [0.3, 0.4) is 0 Å². The molecule has 3 aromatic rings. The number of amides is 2. The van der Waals surface area contributed by atoms with E-state index in [4.69, 9.17) is 39.5 Å². The lowest BCUT2D eigenvalue weighted by Crippen LogP contribution is -2.61. The molecule has 6 nitrogen and oxygen atoms in total. The number of ether oxygens (including phenoxy) is 1. The summed E-state index contributed by atoms with van der Waals surface area (Å²) in [6, 6.07) is 21.4. The van der Waals surface area contributed by atoms with Crippen molar-refractivity contribution in [3.8, 4) is 5.75 Å². The average molecular weight is 639 g/mol. The molecule has 2 fully saturated rings. The number of hydrogen-bond donors (Lipinski definition) is 1. The van der Waals surface area contributed by atoms with Crippen LogP contribution in [0.4, 0.5) is 0 Å². The molecule has 1 saturated carbocycles. The summed E-state index contributed by atoms with van der Waals surface area (Å²) in [6.07, 6.45) is 3.34. The van der Waals surface area contributed by atoms with Gasteiger partial charge in [-0.15, -0.1) is 0 Å². The third kappa shape index (κ3) is 6.88. The van der Waals surface area contributed by atoms with E-state index in [-0.39, 0.29) is 29.9 Å². The zero-order valence-electron chi connectivity index (χ0n) is 24.0. The Morgan fingerprint density at radius 1 is 0.977 bits per heavy atom. The second-order valence-electron chi connectivity index (χ2n) is 11.6. The summed E-state index contributed by atoms with van der Waals surface area (Å²) in [6.45, 7) is 3.64. The topological polar surface area (TPSA) is 61.9 Å². The van der Waals surface area contributed by atoms with Gasteiger partial charge in [-0.2, -0.15) is 0 Å². The van der Waals surface area contributed by atoms with E-state index in [1.807, 2.05) is 34.1 Å². The van der Waals surface area contributed by atoms with E-state index in [1.165, 1.54) is 0 Å². The highest BCUT2D eigenvalue weighted by Gasteiger charge is 2.43. The smallest absolute Gasteiger partial charge is 0.252 e. The van der Waals surface area contributed by atoms with Crippen molar-refractivity contribution in [3.05, 3.63) is 104 Å². The van der Waals surface area contributed by atoms with E-state index in [1.54, 1.807) is 25.1 Å². The zero-order chi connectivity index (χ0) is 30.1. The SMILES string of the molecule is CC(=O)N1C[C@H]2CC(c3ccc(CCOc4ccc(Cl)cc4Cl)cc3)=C(C(=O)N(Cc3ccccc3Cl)C3CC3)[C@@H](C1)N2. The first kappa shape index (κ1) is 30.0. The van der Waals surface area contributed by atoms with Crippen LogP contribution < -0.4 is 10.1 Å². The number of nitrogens with zero attached hydrogens (tertiary/aromatic N) is 2. The predicted molar refractivity (Wildman–Crippen MR) is 172 cm³/mol. The van der Waals surface area contributed by atoms with E-state index in [0.29, 0.717) is 59.9 Å². The maximum absolute atomic E-state index is 14.5. The summed E-state index contributed by atoms with van der Waals surface area (Å²) >= 11 is 18.8. The Morgan fingerprint density at radius 2 is 1.74 bits per heavy atom. The highest BCUT2D eigenvalue weighted by molar-refractivity contribution is 6.35. The summed E-state index contributed by atoms with van der Waals surface area (Å²) in [4.78, 5) is 30.7. The number of fused-ring (bicyclic) bond motifs is 2. The number of nitrogens with one attached hydrogen (secondary N) is 1. The molecule has 9 heteroatoms. The van der Waals surface area contributed by atoms with E-state index in [0.717, 1.165) is 40.7 Å². The van der Waals surface area contributed by atoms with Gasteiger partial charge in [-0.25, -0.2) is 0 Å². The summed E-state index contributed by atoms with van der Waals surface area (Å²) in [7, 11) is 0. The third-order valence-electron chi connectivity index (χ3n) is 8.47. The first-order valence-electron chi connectivity index (χ1n) is 14.7. The quantitative estimate of drug-likeness (QED) is 0.280. The Bertz CT molecular complexity index is 1550. The molecule has 2 bridgehead atoms. The summed E-state index contributed by atoms with van der Waals surface area (Å²) in [5.74, 6) is 0.665. The lowest BCUT2D eigenvalue weighted by Gasteiger charge is -2.44. The Morgan fingerprint density at radius 3 is 2.44 bits per heavy atom. The van der Waals surface area contributed by atoms with E-state index in [2.05, 4.69) is 29.6 Å². The number of rotatable bonds is 9. The van der Waals surface area contributed by atoms with Crippen LogP contribution in [0.2, 0.25) is 15.1 Å². The second kappa shape index (κ2) is 12.9. The molecule has 0 unspecified atom stereocenters. The number of benzene rings is 3. The second-order valence-corrected chi connectivity index (χ2v) is 12.8. The molecule has 1 N–H and O–H groups in total. The maximum atomic E-state index is 14.5. The first-order valence-corrected chi connectivity index (χ1v) is 15.9. The largest absolute Gasteiger partial charge is 0.492 e. The van der Waals surface area contributed by atoms with Crippen molar-refractivity contribution in [2.24, 2.45) is 0 Å². The van der Waals surface area contributed by atoms with Crippen LogP contribution in [-0.4, -0.2) is 59.4 Å². The van der Waals surface area contributed by atoms with Crippen molar-refractivity contribution in [1.82, 2.24) is 15.1 Å². The van der Waals surface area contributed by atoms with Crippen LogP contribution in [0.15, 0.2) is 72.3 Å². The molecule has 1 aliphatic carbocycles. The molecule has 224 valence electrons. The normalized spacial score (nSPS) is 19.8. The van der Waals surface area contributed by atoms with Gasteiger partial charge in [0.15, 0.2) is 0 Å². The van der Waals surface area contributed by atoms with Gasteiger partial charge in [0, 0.05) is 60.7 Å². The van der Waals surface area contributed by atoms with Crippen molar-refractivity contribution < 1.29 is 14.3 Å². The standard InChI is InChI=1S/C34H34Cl3N3O3/c1-21(41)39-19-26-17-28(23-8-6-22(7-9-23)14-15-43-32-13-10-25(35)16-30(32)37)33(31(20-39)38-26)34(42)40(27-11-12-27)18-24-4-2-3-5-29(24)36/h2-10,13,16,26-27,31,38H,11-12,14-15,17-20H2,1H3/t26-,31-/m1/s1. The van der Waals surface area contributed by atoms with Crippen LogP contribution in [0.25, 0.3) is 5.57 Å². The fraction of sp³-hybridized carbons (Fsp3) is 0.353. The molecule has 0 spiro atoms. The number of halogens is 3. The number of carbonyl (C=O) groups excluding carboxylic acids is 2. The lowest BCUT2D eigenvalue weighted by molar-refractivity contribution is -0.132. The molecule has 0 radical (unpaired) electrons. The van der Waals surface area contributed by atoms with Gasteiger partial charge in [0.25, 0.3) is 5.91 Å². The van der Waals surface area contributed by atoms with Gasteiger partial charge in [0.1, 0.15) is 5.75 Å². The molecule has 43 heavy (non-hydrogen) atoms. The first-order chi connectivity index (χ1) is 20.8. The number of piperazine rings is 1. The van der Waals surface area contributed by atoms with Crippen LogP contribution in [0, 0.1) is 0 Å². The Kier molecular flexibility index (Phi) is 9.01. The van der Waals surface area contributed by atoms with Gasteiger partial charge in [0.2, 0.25) is 5.91 Å². The molecule has 6 rings (SSSR count). The van der Waals surface area contributed by atoms with Gasteiger partial charge in [-0.1, -0.05) is 77.3 Å². The Balaban J connectivity index is 1.27. The monoisotopic (exact) mass is 637 g/mol. The summed E-state index contributed by atoms with van der Waals surface area (Å²) < 4.78 is 5.88. The fourth-order valence-corrected chi connectivity index (χ4v) is 6.74. The van der Waals surface area contributed by atoms with Crippen LogP contribution in [-0.2, 0) is 22.6 Å². The predicted octanol–water partition coefficient (Wildman–Crippen LogP) is 6.81. The van der Waals surface area contributed by atoms with Crippen molar-refractivity contribution in [2.75, 3.05) is 19.7 Å². The minimum absolute atomic E-state index is 0.0242. The molecule has 3 aromatic carbocycles. The van der Waals surface area contributed by atoms with Crippen LogP contribution >= 0.6 is 34.8 Å². The molecular weight excluding hydrogens is 605 g/mol. The average Bonchev–Trinajstić information content (AvgIpc) is 3.83. The van der Waals surface area contributed by atoms with E-state index in [9.17, 15) is 9.59 Å². The summed E-state index contributed by atoms with van der Waals surface area (Å²) in [5, 5.41) is 5.38. The minimum Gasteiger partial charge on any atom is -0.492 e. The van der Waals surface area contributed by atoms with E-state index < -0.39 is 0 Å². The number of carbonyl (C=O) groups is 2. The maximum Gasteiger partial charge on any atom is 0.252 e. The molecule has 2 atom stereocenters. The minimum atomic E-state index is -0.233. The zero-order valence-corrected chi connectivity index (χ0v) is 26.3. The van der Waals surface area contributed by atoms with Crippen molar-refractivity contribution >= 4 is 52.2 Å². The van der Waals surface area contributed by atoms with Gasteiger partial charge < -0.3 is 19.9 Å². The highest BCUT2D eigenvalue weighted by atomic mass is 35.5. The lowest BCUT2D eigenvalue weighted by atomic mass is 9.82. The van der Waals surface area contributed by atoms with Crippen molar-refractivity contribution in [1.29, 1.82) is 0 Å². The highest BCUT2D eigenvalue weighted by Crippen LogP contribution is 2.38. The molecular formula is C34H34Cl3N3O3. The van der Waals surface area contributed by atoms with Gasteiger partial charge in [-0.05, 0) is 65.8 Å². The van der Waals surface area contributed by atoms with Crippen molar-refractivity contribution in [3.63, 3.8) is 0 Å².